The maximum absolute atomic E-state index is 13.3. The van der Waals surface area contributed by atoms with Crippen LogP contribution in [0.4, 0.5) is 5.69 Å². The van der Waals surface area contributed by atoms with E-state index in [1.54, 1.807) is 0 Å². The zero-order chi connectivity index (χ0) is 24.0. The molecule has 35 heavy (non-hydrogen) atoms. The number of rotatable bonds is 2. The van der Waals surface area contributed by atoms with E-state index in [9.17, 15) is 4.79 Å². The topological polar surface area (TPSA) is 59.0 Å². The second-order valence-corrected chi connectivity index (χ2v) is 10.3. The molecule has 1 N–H and O–H groups in total. The Bertz CT molecular complexity index is 1290. The number of likely N-dealkylation sites (tertiary alicyclic amines) is 2. The Morgan fingerprint density at radius 1 is 0.943 bits per heavy atom. The molecule has 4 heterocycles. The van der Waals surface area contributed by atoms with E-state index in [0.717, 1.165) is 84.3 Å². The Kier molecular flexibility index (Phi) is 5.56. The summed E-state index contributed by atoms with van der Waals surface area (Å²) in [6.45, 7) is 4.59. The van der Waals surface area contributed by atoms with Gasteiger partial charge in [-0.2, -0.15) is 0 Å². The summed E-state index contributed by atoms with van der Waals surface area (Å²) in [6.07, 6.45) is 3.11. The number of aryl methyl sites for hydroxylation is 1. The van der Waals surface area contributed by atoms with Gasteiger partial charge in [-0.1, -0.05) is 18.2 Å². The molecule has 0 radical (unpaired) electrons. The summed E-state index contributed by atoms with van der Waals surface area (Å²) < 4.78 is 13.3. The summed E-state index contributed by atoms with van der Waals surface area (Å²) >= 11 is 5.75. The molecule has 0 aliphatic carbocycles. The molecule has 182 valence electrons. The minimum Gasteiger partial charge on any atom is -0.486 e. The predicted molar refractivity (Wildman–Crippen MR) is 140 cm³/mol. The maximum Gasteiger partial charge on any atom is 0.270 e. The van der Waals surface area contributed by atoms with Crippen molar-refractivity contribution in [2.24, 2.45) is 12.5 Å². The summed E-state index contributed by atoms with van der Waals surface area (Å²) in [4.78, 5) is 17.6. The van der Waals surface area contributed by atoms with Gasteiger partial charge < -0.3 is 29.2 Å². The fourth-order valence-corrected chi connectivity index (χ4v) is 5.95. The number of anilines is 1. The summed E-state index contributed by atoms with van der Waals surface area (Å²) in [5, 5.41) is 5.23. The molecule has 6 rings (SSSR count). The standard InChI is InChI=1S/C27H30N4O3S/c1-29-21-5-3-2-4-19(21)16-22(29)25(32)30-11-8-27(9-12-30)10-13-31(18-27)26(35)28-20-6-7-23-24(17-20)34-15-14-33-23/h2-7,16-17H,8-15,18H2,1H3,(H,28,35). The van der Waals surface area contributed by atoms with Crippen LogP contribution in [0.25, 0.3) is 10.9 Å². The van der Waals surface area contributed by atoms with Crippen molar-refractivity contribution in [3.63, 3.8) is 0 Å². The van der Waals surface area contributed by atoms with Crippen LogP contribution in [0.15, 0.2) is 48.5 Å². The first-order valence-corrected chi connectivity index (χ1v) is 12.7. The van der Waals surface area contributed by atoms with Crippen molar-refractivity contribution in [2.75, 3.05) is 44.7 Å². The van der Waals surface area contributed by atoms with E-state index < -0.39 is 0 Å². The predicted octanol–water partition coefficient (Wildman–Crippen LogP) is 4.27. The molecule has 8 heteroatoms. The van der Waals surface area contributed by atoms with Gasteiger partial charge in [-0.05, 0) is 61.2 Å². The third kappa shape index (κ3) is 4.10. The lowest BCUT2D eigenvalue weighted by Crippen LogP contribution is -2.45. The van der Waals surface area contributed by atoms with Crippen molar-refractivity contribution in [3.8, 4) is 11.5 Å². The molecule has 0 atom stereocenters. The van der Waals surface area contributed by atoms with Gasteiger partial charge in [0, 0.05) is 55.9 Å². The number of carbonyl (C=O) groups is 1. The average molecular weight is 491 g/mol. The molecule has 0 bridgehead atoms. The normalized spacial score (nSPS) is 18.8. The van der Waals surface area contributed by atoms with Gasteiger partial charge in [0.1, 0.15) is 18.9 Å². The van der Waals surface area contributed by atoms with Crippen LogP contribution in [0.3, 0.4) is 0 Å². The van der Waals surface area contributed by atoms with Gasteiger partial charge >= 0.3 is 0 Å². The van der Waals surface area contributed by atoms with Gasteiger partial charge in [0.2, 0.25) is 0 Å². The van der Waals surface area contributed by atoms with Gasteiger partial charge in [-0.3, -0.25) is 4.79 Å². The molecule has 2 saturated heterocycles. The van der Waals surface area contributed by atoms with Crippen LogP contribution < -0.4 is 14.8 Å². The number of para-hydroxylation sites is 1. The summed E-state index contributed by atoms with van der Waals surface area (Å²) in [5.74, 6) is 1.66. The SMILES string of the molecule is Cn1c(C(=O)N2CCC3(CC2)CCN(C(=S)Nc2ccc4c(c2)OCCO4)C3)cc2ccccc21. The highest BCUT2D eigenvalue weighted by Crippen LogP contribution is 2.41. The minimum absolute atomic E-state index is 0.129. The van der Waals surface area contributed by atoms with Crippen molar-refractivity contribution < 1.29 is 14.3 Å². The highest BCUT2D eigenvalue weighted by molar-refractivity contribution is 7.80. The number of hydrogen-bond donors (Lipinski definition) is 1. The zero-order valence-corrected chi connectivity index (χ0v) is 20.8. The van der Waals surface area contributed by atoms with Crippen molar-refractivity contribution in [1.29, 1.82) is 0 Å². The molecular formula is C27H30N4O3S. The van der Waals surface area contributed by atoms with Crippen molar-refractivity contribution in [1.82, 2.24) is 14.4 Å². The molecule has 3 aliphatic heterocycles. The highest BCUT2D eigenvalue weighted by atomic mass is 32.1. The Morgan fingerprint density at radius 3 is 2.43 bits per heavy atom. The van der Waals surface area contributed by atoms with Crippen LogP contribution >= 0.6 is 12.2 Å². The molecule has 0 unspecified atom stereocenters. The number of fused-ring (bicyclic) bond motifs is 2. The lowest BCUT2D eigenvalue weighted by atomic mass is 9.77. The number of hydrogen-bond acceptors (Lipinski definition) is 4. The van der Waals surface area contributed by atoms with Gasteiger partial charge in [-0.25, -0.2) is 0 Å². The molecule has 0 saturated carbocycles. The highest BCUT2D eigenvalue weighted by Gasteiger charge is 2.42. The molecule has 1 amide bonds. The minimum atomic E-state index is 0.129. The first-order valence-electron chi connectivity index (χ1n) is 12.3. The third-order valence-electron chi connectivity index (χ3n) is 7.80. The van der Waals surface area contributed by atoms with E-state index in [0.29, 0.717) is 13.2 Å². The Labute approximate surface area is 210 Å². The number of nitrogens with zero attached hydrogens (tertiary/aromatic N) is 3. The number of aromatic nitrogens is 1. The van der Waals surface area contributed by atoms with E-state index in [4.69, 9.17) is 21.7 Å². The molecule has 1 aromatic heterocycles. The number of nitrogens with one attached hydrogen (secondary N) is 1. The van der Waals surface area contributed by atoms with Crippen LogP contribution in [0.1, 0.15) is 29.8 Å². The lowest BCUT2D eigenvalue weighted by Gasteiger charge is -2.39. The molecule has 3 aliphatic rings. The largest absolute Gasteiger partial charge is 0.486 e. The first kappa shape index (κ1) is 22.2. The monoisotopic (exact) mass is 490 g/mol. The van der Waals surface area contributed by atoms with Gasteiger partial charge in [-0.15, -0.1) is 0 Å². The van der Waals surface area contributed by atoms with Crippen LogP contribution in [-0.2, 0) is 7.05 Å². The van der Waals surface area contributed by atoms with Crippen molar-refractivity contribution >= 4 is 39.8 Å². The Hall–Kier alpha value is -3.26. The summed E-state index contributed by atoms with van der Waals surface area (Å²) in [7, 11) is 1.98. The molecule has 2 aromatic carbocycles. The van der Waals surface area contributed by atoms with Gasteiger partial charge in [0.05, 0.1) is 0 Å². The second kappa shape index (κ2) is 8.75. The number of thiocarbonyl (C=S) groups is 1. The van der Waals surface area contributed by atoms with Crippen LogP contribution in [-0.4, -0.2) is 64.8 Å². The molecular weight excluding hydrogens is 460 g/mol. The van der Waals surface area contributed by atoms with Crippen LogP contribution in [0, 0.1) is 5.41 Å². The number of piperidine rings is 1. The van der Waals surface area contributed by atoms with Gasteiger partial charge in [0.25, 0.3) is 5.91 Å². The van der Waals surface area contributed by atoms with E-state index in [1.165, 1.54) is 0 Å². The zero-order valence-electron chi connectivity index (χ0n) is 20.0. The molecule has 2 fully saturated rings. The van der Waals surface area contributed by atoms with E-state index in [2.05, 4.69) is 22.3 Å². The number of ether oxygens (including phenoxy) is 2. The number of amides is 1. The fraction of sp³-hybridized carbons (Fsp3) is 0.407. The number of benzene rings is 2. The van der Waals surface area contributed by atoms with Crippen LogP contribution in [0.2, 0.25) is 0 Å². The quantitative estimate of drug-likeness (QED) is 0.542. The second-order valence-electron chi connectivity index (χ2n) is 9.90. The molecule has 3 aromatic rings. The van der Waals surface area contributed by atoms with Crippen LogP contribution in [0.5, 0.6) is 11.5 Å². The maximum atomic E-state index is 13.3. The number of carbonyl (C=O) groups excluding carboxylic acids is 1. The summed E-state index contributed by atoms with van der Waals surface area (Å²) in [6, 6.07) is 16.0. The first-order chi connectivity index (χ1) is 17.0. The van der Waals surface area contributed by atoms with E-state index >= 15 is 0 Å². The fourth-order valence-electron chi connectivity index (χ4n) is 5.68. The van der Waals surface area contributed by atoms with E-state index in [-0.39, 0.29) is 11.3 Å². The summed E-state index contributed by atoms with van der Waals surface area (Å²) in [5.41, 5.74) is 2.99. The molecule has 1 spiro atoms. The average Bonchev–Trinajstić information content (AvgIpc) is 3.45. The Balaban J connectivity index is 1.07. The van der Waals surface area contributed by atoms with Crippen molar-refractivity contribution in [2.45, 2.75) is 19.3 Å². The van der Waals surface area contributed by atoms with Gasteiger partial charge in [0.15, 0.2) is 16.6 Å². The lowest BCUT2D eigenvalue weighted by molar-refractivity contribution is 0.0590. The third-order valence-corrected chi connectivity index (χ3v) is 8.16. The van der Waals surface area contributed by atoms with Crippen molar-refractivity contribution in [3.05, 3.63) is 54.2 Å². The molecule has 7 nitrogen and oxygen atoms in total. The smallest absolute Gasteiger partial charge is 0.270 e. The van der Waals surface area contributed by atoms with E-state index in [1.807, 2.05) is 52.9 Å². The Morgan fingerprint density at radius 2 is 1.66 bits per heavy atom.